The first-order valence-corrected chi connectivity index (χ1v) is 2.56. The van der Waals surface area contributed by atoms with Crippen molar-refractivity contribution in [3.8, 4) is 0 Å². The van der Waals surface area contributed by atoms with E-state index in [1.807, 2.05) is 0 Å². The maximum absolute atomic E-state index is 5.42. The average Bonchev–Trinajstić information content (AvgIpc) is 1.68. The molecule has 0 aromatic heterocycles. The van der Waals surface area contributed by atoms with Crippen molar-refractivity contribution in [2.24, 2.45) is 11.5 Å². The van der Waals surface area contributed by atoms with E-state index in [1.165, 1.54) is 0 Å². The van der Waals surface area contributed by atoms with Gasteiger partial charge in [0.1, 0.15) is 0 Å². The maximum Gasteiger partial charge on any atom is 0.0163 e. The van der Waals surface area contributed by atoms with Crippen LogP contribution in [-0.2, 0) is 0 Å². The van der Waals surface area contributed by atoms with E-state index in [0.717, 1.165) is 12.8 Å². The molecule has 2 nitrogen and oxygen atoms in total. The molecule has 2 heteroatoms. The first-order valence-electron chi connectivity index (χ1n) is 2.56. The summed E-state index contributed by atoms with van der Waals surface area (Å²) in [6.07, 6.45) is 1.83. The van der Waals surface area contributed by atoms with Crippen molar-refractivity contribution in [1.29, 1.82) is 0 Å². The predicted molar refractivity (Wildman–Crippen MR) is 31.6 cm³/mol. The van der Waals surface area contributed by atoms with E-state index < -0.39 is 0 Å². The number of hydrogen-bond acceptors (Lipinski definition) is 2. The average molecular weight is 101 g/mol. The largest absolute Gasteiger partial charge is 0.329 e. The lowest BCUT2D eigenvalue weighted by Crippen LogP contribution is -2.28. The Bertz CT molecular complexity index is 37.1. The van der Waals surface area contributed by atoms with E-state index in [0.29, 0.717) is 6.54 Å². The van der Waals surface area contributed by atoms with Crippen LogP contribution < -0.4 is 11.5 Å². The van der Waals surface area contributed by atoms with Crippen LogP contribution in [0.25, 0.3) is 0 Å². The van der Waals surface area contributed by atoms with Gasteiger partial charge in [-0.15, -0.1) is 0 Å². The van der Waals surface area contributed by atoms with Crippen molar-refractivity contribution in [1.82, 2.24) is 0 Å². The fourth-order valence-electron chi connectivity index (χ4n) is 0.380. The summed E-state index contributed by atoms with van der Waals surface area (Å²) in [7, 11) is 0. The van der Waals surface area contributed by atoms with Gasteiger partial charge in [0.05, 0.1) is 0 Å². The van der Waals surface area contributed by atoms with Gasteiger partial charge in [-0.05, 0) is 6.42 Å². The highest BCUT2D eigenvalue weighted by molar-refractivity contribution is 4.60. The Morgan fingerprint density at radius 1 is 1.57 bits per heavy atom. The lowest BCUT2D eigenvalue weighted by molar-refractivity contribution is 0.629. The zero-order chi connectivity index (χ0) is 5.70. The first kappa shape index (κ1) is 6.92. The van der Waals surface area contributed by atoms with Gasteiger partial charge in [-0.1, -0.05) is 13.3 Å². The molecule has 0 aromatic carbocycles. The molecular formula is C5H13N2. The highest BCUT2D eigenvalue weighted by atomic mass is 14.7. The van der Waals surface area contributed by atoms with Crippen molar-refractivity contribution in [2.45, 2.75) is 18.9 Å². The Morgan fingerprint density at radius 3 is 2.29 bits per heavy atom. The monoisotopic (exact) mass is 101 g/mol. The van der Waals surface area contributed by atoms with Crippen LogP contribution in [0.1, 0.15) is 12.8 Å². The summed E-state index contributed by atoms with van der Waals surface area (Å²) < 4.78 is 0. The minimum Gasteiger partial charge on any atom is -0.329 e. The molecule has 43 valence electrons. The maximum atomic E-state index is 5.42. The van der Waals surface area contributed by atoms with Crippen molar-refractivity contribution in [2.75, 3.05) is 6.54 Å². The SMILES string of the molecule is [CH2]CCC(N)CN. The van der Waals surface area contributed by atoms with Crippen LogP contribution in [0.15, 0.2) is 0 Å². The van der Waals surface area contributed by atoms with E-state index in [2.05, 4.69) is 6.92 Å². The second-order valence-corrected chi connectivity index (χ2v) is 1.64. The first-order chi connectivity index (χ1) is 3.31. The Morgan fingerprint density at radius 2 is 2.14 bits per heavy atom. The molecule has 0 aromatic rings. The summed E-state index contributed by atoms with van der Waals surface area (Å²) in [6.45, 7) is 4.22. The van der Waals surface area contributed by atoms with E-state index in [1.54, 1.807) is 0 Å². The quantitative estimate of drug-likeness (QED) is 0.521. The molecule has 1 atom stereocenters. The van der Waals surface area contributed by atoms with E-state index >= 15 is 0 Å². The van der Waals surface area contributed by atoms with Crippen molar-refractivity contribution in [3.63, 3.8) is 0 Å². The summed E-state index contributed by atoms with van der Waals surface area (Å²) in [5, 5.41) is 0. The Hall–Kier alpha value is -0.0800. The van der Waals surface area contributed by atoms with Crippen LogP contribution in [0.2, 0.25) is 0 Å². The molecule has 0 bridgehead atoms. The van der Waals surface area contributed by atoms with E-state index in [9.17, 15) is 0 Å². The Kier molecular flexibility index (Phi) is 4.04. The fourth-order valence-corrected chi connectivity index (χ4v) is 0.380. The van der Waals surface area contributed by atoms with Gasteiger partial charge in [-0.3, -0.25) is 0 Å². The highest BCUT2D eigenvalue weighted by Crippen LogP contribution is 1.87. The summed E-state index contributed by atoms with van der Waals surface area (Å²) in [5.41, 5.74) is 10.6. The molecular weight excluding hydrogens is 88.1 g/mol. The molecule has 0 aliphatic rings. The summed E-state index contributed by atoms with van der Waals surface area (Å²) in [6, 6.07) is 0.164. The van der Waals surface area contributed by atoms with E-state index in [4.69, 9.17) is 11.5 Å². The third-order valence-corrected chi connectivity index (χ3v) is 0.878. The third kappa shape index (κ3) is 3.76. The minimum atomic E-state index is 0.164. The molecule has 0 rings (SSSR count). The Labute approximate surface area is 44.9 Å². The van der Waals surface area contributed by atoms with Crippen LogP contribution >= 0.6 is 0 Å². The van der Waals surface area contributed by atoms with Crippen LogP contribution in [-0.4, -0.2) is 12.6 Å². The van der Waals surface area contributed by atoms with Gasteiger partial charge in [0.2, 0.25) is 0 Å². The van der Waals surface area contributed by atoms with Crippen LogP contribution in [0.5, 0.6) is 0 Å². The van der Waals surface area contributed by atoms with Crippen LogP contribution in [0, 0.1) is 6.92 Å². The molecule has 1 radical (unpaired) electrons. The molecule has 0 heterocycles. The standard InChI is InChI=1S/C5H13N2/c1-2-3-5(7)4-6/h5H,1-4,6-7H2. The molecule has 0 amide bonds. The van der Waals surface area contributed by atoms with Crippen LogP contribution in [0.3, 0.4) is 0 Å². The van der Waals surface area contributed by atoms with Gasteiger partial charge in [0.15, 0.2) is 0 Å². The predicted octanol–water partition coefficient (Wildman–Crippen LogP) is -0.113. The molecule has 4 N–H and O–H groups in total. The molecule has 0 aliphatic heterocycles. The minimum absolute atomic E-state index is 0.164. The van der Waals surface area contributed by atoms with Gasteiger partial charge in [0.25, 0.3) is 0 Å². The normalized spacial score (nSPS) is 14.1. The highest BCUT2D eigenvalue weighted by Gasteiger charge is 1.93. The van der Waals surface area contributed by atoms with E-state index in [-0.39, 0.29) is 6.04 Å². The second kappa shape index (κ2) is 4.09. The molecule has 0 fully saturated rings. The molecule has 1 unspecified atom stereocenters. The second-order valence-electron chi connectivity index (χ2n) is 1.64. The van der Waals surface area contributed by atoms with Crippen LogP contribution in [0.4, 0.5) is 0 Å². The number of nitrogens with two attached hydrogens (primary N) is 2. The van der Waals surface area contributed by atoms with Gasteiger partial charge < -0.3 is 11.5 Å². The summed E-state index contributed by atoms with van der Waals surface area (Å²) >= 11 is 0. The van der Waals surface area contributed by atoms with Crippen molar-refractivity contribution in [3.05, 3.63) is 6.92 Å². The zero-order valence-corrected chi connectivity index (χ0v) is 4.56. The van der Waals surface area contributed by atoms with Crippen molar-refractivity contribution >= 4 is 0 Å². The fraction of sp³-hybridized carbons (Fsp3) is 0.800. The number of rotatable bonds is 3. The topological polar surface area (TPSA) is 52.0 Å². The zero-order valence-electron chi connectivity index (χ0n) is 4.56. The van der Waals surface area contributed by atoms with Gasteiger partial charge in [-0.2, -0.15) is 0 Å². The Balaban J connectivity index is 2.83. The summed E-state index contributed by atoms with van der Waals surface area (Å²) in [5.74, 6) is 0. The molecule has 0 spiro atoms. The molecule has 0 saturated carbocycles. The van der Waals surface area contributed by atoms with Gasteiger partial charge in [0, 0.05) is 12.6 Å². The van der Waals surface area contributed by atoms with Gasteiger partial charge >= 0.3 is 0 Å². The molecule has 7 heavy (non-hydrogen) atoms. The number of hydrogen-bond donors (Lipinski definition) is 2. The molecule has 0 aliphatic carbocycles. The third-order valence-electron chi connectivity index (χ3n) is 0.878. The summed E-state index contributed by atoms with van der Waals surface area (Å²) in [4.78, 5) is 0. The van der Waals surface area contributed by atoms with Crippen molar-refractivity contribution < 1.29 is 0 Å². The molecule has 0 saturated heterocycles. The van der Waals surface area contributed by atoms with Gasteiger partial charge in [-0.25, -0.2) is 0 Å². The lowest BCUT2D eigenvalue weighted by atomic mass is 10.2. The smallest absolute Gasteiger partial charge is 0.0163 e. The lowest BCUT2D eigenvalue weighted by Gasteiger charge is -2.03.